The topological polar surface area (TPSA) is 24.7 Å². The van der Waals surface area contributed by atoms with Gasteiger partial charge in [0.25, 0.3) is 0 Å². The SMILES string of the molecule is C=CN=C=NCC(C)C. The van der Waals surface area contributed by atoms with Crippen molar-refractivity contribution >= 4 is 6.01 Å². The van der Waals surface area contributed by atoms with Gasteiger partial charge in [0.1, 0.15) is 0 Å². The van der Waals surface area contributed by atoms with Crippen molar-refractivity contribution in [2.24, 2.45) is 15.9 Å². The Morgan fingerprint density at radius 3 is 2.78 bits per heavy atom. The van der Waals surface area contributed by atoms with Crippen molar-refractivity contribution in [2.75, 3.05) is 6.54 Å². The summed E-state index contributed by atoms with van der Waals surface area (Å²) in [6, 6.07) is 2.50. The standard InChI is InChI=1S/C7H12N2/c1-4-8-6-9-5-7(2)3/h4,7H,1,5H2,2-3H3. The highest BCUT2D eigenvalue weighted by atomic mass is 14.8. The van der Waals surface area contributed by atoms with E-state index in [1.165, 1.54) is 6.20 Å². The van der Waals surface area contributed by atoms with E-state index in [1.807, 2.05) is 0 Å². The number of rotatable bonds is 3. The van der Waals surface area contributed by atoms with Crippen molar-refractivity contribution in [3.05, 3.63) is 12.8 Å². The Morgan fingerprint density at radius 2 is 2.33 bits per heavy atom. The summed E-state index contributed by atoms with van der Waals surface area (Å²) in [7, 11) is 0. The summed E-state index contributed by atoms with van der Waals surface area (Å²) in [6.45, 7) is 8.37. The van der Waals surface area contributed by atoms with Gasteiger partial charge in [-0.3, -0.25) is 0 Å². The minimum atomic E-state index is 0.581. The smallest absolute Gasteiger partial charge is 0.0942 e. The molecule has 0 heterocycles. The van der Waals surface area contributed by atoms with Gasteiger partial charge < -0.3 is 0 Å². The van der Waals surface area contributed by atoms with Crippen LogP contribution in [0.25, 0.3) is 0 Å². The fourth-order valence-electron chi connectivity index (χ4n) is 0.305. The number of aliphatic imine (C=N–C) groups is 2. The molecular weight excluding hydrogens is 112 g/mol. The maximum Gasteiger partial charge on any atom is 0.0942 e. The van der Waals surface area contributed by atoms with Gasteiger partial charge >= 0.3 is 0 Å². The third-order valence-electron chi connectivity index (χ3n) is 0.676. The van der Waals surface area contributed by atoms with Gasteiger partial charge in [-0.2, -0.15) is 4.99 Å². The first-order valence-corrected chi connectivity index (χ1v) is 2.99. The van der Waals surface area contributed by atoms with Gasteiger partial charge in [-0.15, -0.1) is 0 Å². The highest BCUT2D eigenvalue weighted by Crippen LogP contribution is 1.88. The molecule has 0 amide bonds. The normalized spacial score (nSPS) is 8.33. The summed E-state index contributed by atoms with van der Waals surface area (Å²) in [5.74, 6) is 0.581. The van der Waals surface area contributed by atoms with Crippen LogP contribution in [-0.4, -0.2) is 12.6 Å². The molecule has 2 nitrogen and oxygen atoms in total. The van der Waals surface area contributed by atoms with Crippen LogP contribution in [0.15, 0.2) is 22.8 Å². The fourth-order valence-corrected chi connectivity index (χ4v) is 0.305. The van der Waals surface area contributed by atoms with Crippen molar-refractivity contribution in [1.82, 2.24) is 0 Å². The highest BCUT2D eigenvalue weighted by Gasteiger charge is 1.85. The van der Waals surface area contributed by atoms with Crippen LogP contribution in [0, 0.1) is 5.92 Å². The lowest BCUT2D eigenvalue weighted by Gasteiger charge is -1.91. The molecule has 0 N–H and O–H groups in total. The molecule has 0 unspecified atom stereocenters. The molecule has 0 aliphatic rings. The zero-order valence-electron chi connectivity index (χ0n) is 5.96. The second-order valence-electron chi connectivity index (χ2n) is 2.15. The van der Waals surface area contributed by atoms with Gasteiger partial charge in [-0.05, 0) is 5.92 Å². The second-order valence-corrected chi connectivity index (χ2v) is 2.15. The Hall–Kier alpha value is -0.880. The van der Waals surface area contributed by atoms with Gasteiger partial charge in [0.2, 0.25) is 0 Å². The van der Waals surface area contributed by atoms with Crippen LogP contribution < -0.4 is 0 Å². The van der Waals surface area contributed by atoms with Gasteiger partial charge in [0, 0.05) is 6.20 Å². The minimum absolute atomic E-state index is 0.581. The number of hydrogen-bond acceptors (Lipinski definition) is 2. The van der Waals surface area contributed by atoms with Crippen molar-refractivity contribution < 1.29 is 0 Å². The van der Waals surface area contributed by atoms with E-state index in [0.29, 0.717) is 5.92 Å². The molecule has 0 saturated heterocycles. The van der Waals surface area contributed by atoms with E-state index >= 15 is 0 Å². The van der Waals surface area contributed by atoms with E-state index in [-0.39, 0.29) is 0 Å². The fraction of sp³-hybridized carbons (Fsp3) is 0.571. The molecule has 9 heavy (non-hydrogen) atoms. The molecule has 0 saturated carbocycles. The van der Waals surface area contributed by atoms with E-state index in [9.17, 15) is 0 Å². The molecule has 0 radical (unpaired) electrons. The Labute approximate surface area is 56.0 Å². The molecule has 0 spiro atoms. The van der Waals surface area contributed by atoms with Crippen molar-refractivity contribution in [1.29, 1.82) is 0 Å². The minimum Gasteiger partial charge on any atom is -0.225 e. The summed E-state index contributed by atoms with van der Waals surface area (Å²) in [6.07, 6.45) is 1.42. The maximum atomic E-state index is 3.87. The maximum absolute atomic E-state index is 3.87. The summed E-state index contributed by atoms with van der Waals surface area (Å²) in [5.41, 5.74) is 0. The third-order valence-corrected chi connectivity index (χ3v) is 0.676. The van der Waals surface area contributed by atoms with Crippen molar-refractivity contribution in [2.45, 2.75) is 13.8 Å². The molecular formula is C7H12N2. The molecule has 0 fully saturated rings. The first kappa shape index (κ1) is 8.12. The van der Waals surface area contributed by atoms with E-state index in [1.54, 1.807) is 0 Å². The van der Waals surface area contributed by atoms with Gasteiger partial charge in [0.05, 0.1) is 12.6 Å². The van der Waals surface area contributed by atoms with Gasteiger partial charge in [-0.1, -0.05) is 20.4 Å². The molecule has 0 aromatic heterocycles. The molecule has 50 valence electrons. The average molecular weight is 124 g/mol. The number of nitrogens with zero attached hydrogens (tertiary/aromatic N) is 2. The van der Waals surface area contributed by atoms with Crippen LogP contribution in [0.1, 0.15) is 13.8 Å². The molecule has 0 aliphatic heterocycles. The molecule has 0 atom stereocenters. The van der Waals surface area contributed by atoms with E-state index in [4.69, 9.17) is 0 Å². The first-order valence-electron chi connectivity index (χ1n) is 2.99. The quantitative estimate of drug-likeness (QED) is 0.514. The average Bonchev–Trinajstić information content (AvgIpc) is 1.80. The lowest BCUT2D eigenvalue weighted by atomic mass is 10.2. The van der Waals surface area contributed by atoms with Crippen LogP contribution in [0.5, 0.6) is 0 Å². The highest BCUT2D eigenvalue weighted by molar-refractivity contribution is 5.42. The molecule has 2 heteroatoms. The predicted octanol–water partition coefficient (Wildman–Crippen LogP) is 1.96. The summed E-state index contributed by atoms with van der Waals surface area (Å²) < 4.78 is 0. The lowest BCUT2D eigenvalue weighted by Crippen LogP contribution is -1.89. The number of hydrogen-bond donors (Lipinski definition) is 0. The van der Waals surface area contributed by atoms with Crippen molar-refractivity contribution in [3.8, 4) is 0 Å². The largest absolute Gasteiger partial charge is 0.225 e. The summed E-state index contributed by atoms with van der Waals surface area (Å²) in [4.78, 5) is 7.46. The van der Waals surface area contributed by atoms with Crippen LogP contribution in [0.2, 0.25) is 0 Å². The molecule has 0 aliphatic carbocycles. The van der Waals surface area contributed by atoms with E-state index in [2.05, 4.69) is 36.4 Å². The van der Waals surface area contributed by atoms with Crippen LogP contribution in [0.4, 0.5) is 0 Å². The monoisotopic (exact) mass is 124 g/mol. The van der Waals surface area contributed by atoms with Crippen LogP contribution in [0.3, 0.4) is 0 Å². The molecule has 0 bridgehead atoms. The Balaban J connectivity index is 3.46. The zero-order chi connectivity index (χ0) is 7.11. The molecule has 0 aromatic rings. The Morgan fingerprint density at radius 1 is 1.67 bits per heavy atom. The first-order chi connectivity index (χ1) is 4.27. The van der Waals surface area contributed by atoms with E-state index < -0.39 is 0 Å². The second kappa shape index (κ2) is 5.26. The van der Waals surface area contributed by atoms with Gasteiger partial charge in [-0.25, -0.2) is 4.99 Å². The lowest BCUT2D eigenvalue weighted by molar-refractivity contribution is 0.667. The molecule has 0 rings (SSSR count). The Bertz CT molecular complexity index is 130. The predicted molar refractivity (Wildman–Crippen MR) is 39.8 cm³/mol. The summed E-state index contributed by atoms with van der Waals surface area (Å²) >= 11 is 0. The van der Waals surface area contributed by atoms with Crippen LogP contribution >= 0.6 is 0 Å². The Kier molecular flexibility index (Phi) is 4.75. The summed E-state index contributed by atoms with van der Waals surface area (Å²) in [5, 5.41) is 0. The van der Waals surface area contributed by atoms with Gasteiger partial charge in [0.15, 0.2) is 0 Å². The third kappa shape index (κ3) is 7.12. The van der Waals surface area contributed by atoms with E-state index in [0.717, 1.165) is 6.54 Å². The zero-order valence-corrected chi connectivity index (χ0v) is 5.96. The molecule has 0 aromatic carbocycles. The van der Waals surface area contributed by atoms with Crippen LogP contribution in [-0.2, 0) is 0 Å². The van der Waals surface area contributed by atoms with Crippen molar-refractivity contribution in [3.63, 3.8) is 0 Å².